The highest BCUT2D eigenvalue weighted by Gasteiger charge is 2.12. The Hall–Kier alpha value is -1.64. The molecule has 0 spiro atoms. The van der Waals surface area contributed by atoms with Crippen molar-refractivity contribution in [3.8, 4) is 11.5 Å². The van der Waals surface area contributed by atoms with Crippen LogP contribution in [0.5, 0.6) is 11.5 Å². The molecule has 0 saturated heterocycles. The highest BCUT2D eigenvalue weighted by atomic mass is 35.5. The number of halogens is 3. The monoisotopic (exact) mass is 365 g/mol. The van der Waals surface area contributed by atoms with Gasteiger partial charge < -0.3 is 15.2 Å². The molecule has 2 N–H and O–H groups in total. The van der Waals surface area contributed by atoms with Crippen molar-refractivity contribution in [2.75, 3.05) is 19.9 Å². The fraction of sp³-hybridized carbons (Fsp3) is 0.357. The maximum atomic E-state index is 12.4. The third-order valence-corrected chi connectivity index (χ3v) is 3.71. The molecular formula is C14H18ClF2N3O2S. The fourth-order valence-electron chi connectivity index (χ4n) is 2.04. The van der Waals surface area contributed by atoms with Crippen molar-refractivity contribution in [1.29, 1.82) is 0 Å². The largest absolute Gasteiger partial charge is 0.493 e. The third kappa shape index (κ3) is 5.81. The molecule has 0 fully saturated rings. The molecule has 2 rings (SSSR count). The lowest BCUT2D eigenvalue weighted by Gasteiger charge is -2.17. The predicted molar refractivity (Wildman–Crippen MR) is 88.6 cm³/mol. The molecule has 0 aliphatic heterocycles. The van der Waals surface area contributed by atoms with Gasteiger partial charge in [0.15, 0.2) is 16.6 Å². The number of benzene rings is 1. The number of thiazole rings is 1. The van der Waals surface area contributed by atoms with E-state index in [0.29, 0.717) is 18.2 Å². The zero-order valence-corrected chi connectivity index (χ0v) is 14.3. The van der Waals surface area contributed by atoms with Crippen LogP contribution in [0.25, 0.3) is 0 Å². The fourth-order valence-corrected chi connectivity index (χ4v) is 2.80. The Bertz CT molecular complexity index is 628. The number of nitrogens with two attached hydrogens (primary N) is 1. The molecule has 9 heteroatoms. The number of rotatable bonds is 7. The van der Waals surface area contributed by atoms with Crippen molar-refractivity contribution in [2.24, 2.45) is 0 Å². The second kappa shape index (κ2) is 8.85. The Morgan fingerprint density at radius 2 is 2.04 bits per heavy atom. The van der Waals surface area contributed by atoms with E-state index in [1.807, 2.05) is 18.0 Å². The van der Waals surface area contributed by atoms with E-state index in [-0.39, 0.29) is 23.9 Å². The average molecular weight is 366 g/mol. The topological polar surface area (TPSA) is 60.6 Å². The van der Waals surface area contributed by atoms with Crippen molar-refractivity contribution >= 4 is 28.9 Å². The van der Waals surface area contributed by atoms with E-state index in [1.165, 1.54) is 18.4 Å². The second-order valence-electron chi connectivity index (χ2n) is 4.70. The molecular weight excluding hydrogens is 348 g/mol. The molecule has 0 unspecified atom stereocenters. The molecule has 1 aromatic heterocycles. The van der Waals surface area contributed by atoms with Crippen LogP contribution in [0.2, 0.25) is 0 Å². The summed E-state index contributed by atoms with van der Waals surface area (Å²) in [4.78, 5) is 7.06. The number of nitrogen functional groups attached to an aromatic ring is 1. The molecule has 128 valence electrons. The van der Waals surface area contributed by atoms with E-state index >= 15 is 0 Å². The van der Waals surface area contributed by atoms with Crippen LogP contribution < -0.4 is 15.2 Å². The Kier molecular flexibility index (Phi) is 7.47. The van der Waals surface area contributed by atoms with Crippen LogP contribution in [0.3, 0.4) is 0 Å². The summed E-state index contributed by atoms with van der Waals surface area (Å²) in [6.45, 7) is -1.64. The van der Waals surface area contributed by atoms with Crippen LogP contribution in [-0.4, -0.2) is 30.7 Å². The van der Waals surface area contributed by atoms with Gasteiger partial charge in [-0.3, -0.25) is 4.90 Å². The number of nitrogens with zero attached hydrogens (tertiary/aromatic N) is 2. The number of methoxy groups -OCH3 is 1. The molecule has 23 heavy (non-hydrogen) atoms. The van der Waals surface area contributed by atoms with Gasteiger partial charge >= 0.3 is 6.61 Å². The summed E-state index contributed by atoms with van der Waals surface area (Å²) < 4.78 is 34.3. The van der Waals surface area contributed by atoms with E-state index in [1.54, 1.807) is 18.3 Å². The number of ether oxygens (including phenoxy) is 2. The zero-order valence-electron chi connectivity index (χ0n) is 12.7. The minimum atomic E-state index is -2.89. The lowest BCUT2D eigenvalue weighted by Crippen LogP contribution is -2.16. The summed E-state index contributed by atoms with van der Waals surface area (Å²) in [5.41, 5.74) is 6.44. The number of alkyl halides is 2. The van der Waals surface area contributed by atoms with Crippen molar-refractivity contribution in [3.63, 3.8) is 0 Å². The highest BCUT2D eigenvalue weighted by molar-refractivity contribution is 7.15. The summed E-state index contributed by atoms with van der Waals surface area (Å²) in [5.74, 6) is 0.312. The van der Waals surface area contributed by atoms with E-state index in [4.69, 9.17) is 10.5 Å². The Balaban J connectivity index is 0.00000264. The zero-order chi connectivity index (χ0) is 16.1. The first-order valence-electron chi connectivity index (χ1n) is 6.48. The molecule has 5 nitrogen and oxygen atoms in total. The molecule has 0 atom stereocenters. The van der Waals surface area contributed by atoms with E-state index < -0.39 is 6.61 Å². The normalized spacial score (nSPS) is 10.7. The van der Waals surface area contributed by atoms with Gasteiger partial charge in [-0.2, -0.15) is 8.78 Å². The molecule has 1 aromatic carbocycles. The molecule has 1 heterocycles. The summed E-state index contributed by atoms with van der Waals surface area (Å²) in [6.07, 6.45) is 1.73. The maximum Gasteiger partial charge on any atom is 0.387 e. The van der Waals surface area contributed by atoms with Gasteiger partial charge in [0.05, 0.1) is 7.11 Å². The van der Waals surface area contributed by atoms with Gasteiger partial charge in [0.2, 0.25) is 0 Å². The maximum absolute atomic E-state index is 12.4. The predicted octanol–water partition coefficient (Wildman–Crippen LogP) is 3.39. The lowest BCUT2D eigenvalue weighted by atomic mass is 10.2. The molecule has 0 aliphatic rings. The minimum absolute atomic E-state index is 0. The van der Waals surface area contributed by atoms with Crippen LogP contribution in [0.4, 0.5) is 13.9 Å². The van der Waals surface area contributed by atoms with Crippen LogP contribution in [0, 0.1) is 0 Å². The third-order valence-electron chi connectivity index (χ3n) is 2.89. The first-order valence-corrected chi connectivity index (χ1v) is 7.30. The van der Waals surface area contributed by atoms with Crippen molar-refractivity contribution in [3.05, 3.63) is 34.8 Å². The SMILES string of the molecule is COc1ccc(CN(C)Cc2cnc(N)s2)cc1OC(F)F.Cl. The summed E-state index contributed by atoms with van der Waals surface area (Å²) in [7, 11) is 3.33. The number of hydrogen-bond acceptors (Lipinski definition) is 6. The molecule has 0 saturated carbocycles. The number of hydrogen-bond donors (Lipinski definition) is 1. The first-order chi connectivity index (χ1) is 10.5. The minimum Gasteiger partial charge on any atom is -0.493 e. The van der Waals surface area contributed by atoms with Gasteiger partial charge in [-0.25, -0.2) is 4.98 Å². The van der Waals surface area contributed by atoms with E-state index in [9.17, 15) is 8.78 Å². The van der Waals surface area contributed by atoms with Gasteiger partial charge in [-0.15, -0.1) is 23.7 Å². The molecule has 0 amide bonds. The molecule has 2 aromatic rings. The van der Waals surface area contributed by atoms with Crippen LogP contribution in [0.15, 0.2) is 24.4 Å². The smallest absolute Gasteiger partial charge is 0.387 e. The van der Waals surface area contributed by atoms with Crippen LogP contribution >= 0.6 is 23.7 Å². The van der Waals surface area contributed by atoms with Crippen LogP contribution in [0.1, 0.15) is 10.4 Å². The number of aromatic nitrogens is 1. The van der Waals surface area contributed by atoms with Gasteiger partial charge in [0.1, 0.15) is 0 Å². The quantitative estimate of drug-likeness (QED) is 0.815. The standard InChI is InChI=1S/C14H17F2N3O2S.ClH/c1-19(8-10-6-18-14(17)22-10)7-9-3-4-11(20-2)12(5-9)21-13(15)16;/h3-6,13H,7-8H2,1-2H3,(H2,17,18);1H. The van der Waals surface area contributed by atoms with Crippen molar-refractivity contribution < 1.29 is 18.3 Å². The Morgan fingerprint density at radius 1 is 1.30 bits per heavy atom. The van der Waals surface area contributed by atoms with Gasteiger partial charge in [-0.05, 0) is 24.7 Å². The average Bonchev–Trinajstić information content (AvgIpc) is 2.83. The van der Waals surface area contributed by atoms with Gasteiger partial charge in [0.25, 0.3) is 0 Å². The summed E-state index contributed by atoms with van der Waals surface area (Å²) in [5, 5.41) is 0.528. The number of anilines is 1. The van der Waals surface area contributed by atoms with Crippen molar-refractivity contribution in [1.82, 2.24) is 9.88 Å². The summed E-state index contributed by atoms with van der Waals surface area (Å²) >= 11 is 1.43. The summed E-state index contributed by atoms with van der Waals surface area (Å²) in [6, 6.07) is 4.99. The van der Waals surface area contributed by atoms with Crippen molar-refractivity contribution in [2.45, 2.75) is 19.7 Å². The van der Waals surface area contributed by atoms with Gasteiger partial charge in [0, 0.05) is 24.2 Å². The lowest BCUT2D eigenvalue weighted by molar-refractivity contribution is -0.0512. The van der Waals surface area contributed by atoms with E-state index in [0.717, 1.165) is 10.4 Å². The highest BCUT2D eigenvalue weighted by Crippen LogP contribution is 2.30. The second-order valence-corrected chi connectivity index (χ2v) is 5.85. The molecule has 0 radical (unpaired) electrons. The molecule has 0 bridgehead atoms. The van der Waals surface area contributed by atoms with Gasteiger partial charge in [-0.1, -0.05) is 6.07 Å². The van der Waals surface area contributed by atoms with Crippen LogP contribution in [-0.2, 0) is 13.1 Å². The first kappa shape index (κ1) is 19.4. The molecule has 0 aliphatic carbocycles. The Labute approximate surface area is 143 Å². The van der Waals surface area contributed by atoms with E-state index in [2.05, 4.69) is 9.72 Å². The Morgan fingerprint density at radius 3 is 2.61 bits per heavy atom.